The first-order valence-corrected chi connectivity index (χ1v) is 10.2. The second-order valence-corrected chi connectivity index (χ2v) is 8.07. The molecule has 0 fully saturated rings. The second-order valence-electron chi connectivity index (χ2n) is 6.08. The van der Waals surface area contributed by atoms with Crippen molar-refractivity contribution in [3.63, 3.8) is 0 Å². The number of anilines is 1. The Kier molecular flexibility index (Phi) is 5.18. The SMILES string of the molecule is Cc1ccc(NC(=O)[C@H](Sc2ncnc3sccc23)c2ccccc2)cc1. The van der Waals surface area contributed by atoms with E-state index < -0.39 is 5.25 Å². The number of carbonyl (C=O) groups is 1. The first-order valence-electron chi connectivity index (χ1n) is 8.48. The highest BCUT2D eigenvalue weighted by Crippen LogP contribution is 2.38. The van der Waals surface area contributed by atoms with Crippen LogP contribution in [-0.4, -0.2) is 15.9 Å². The fraction of sp³-hybridized carbons (Fsp3) is 0.0952. The highest BCUT2D eigenvalue weighted by molar-refractivity contribution is 8.00. The fourth-order valence-electron chi connectivity index (χ4n) is 2.72. The molecule has 0 saturated carbocycles. The quantitative estimate of drug-likeness (QED) is 0.362. The lowest BCUT2D eigenvalue weighted by molar-refractivity contribution is -0.115. The van der Waals surface area contributed by atoms with Gasteiger partial charge in [-0.3, -0.25) is 4.79 Å². The Hall–Kier alpha value is -2.70. The Morgan fingerprint density at radius 2 is 1.81 bits per heavy atom. The van der Waals surface area contributed by atoms with Crippen molar-refractivity contribution in [2.75, 3.05) is 5.32 Å². The molecule has 2 aromatic carbocycles. The van der Waals surface area contributed by atoms with E-state index in [9.17, 15) is 4.79 Å². The average Bonchev–Trinajstić information content (AvgIpc) is 3.18. The zero-order valence-electron chi connectivity index (χ0n) is 14.6. The van der Waals surface area contributed by atoms with Crippen molar-refractivity contribution in [1.82, 2.24) is 9.97 Å². The van der Waals surface area contributed by atoms with E-state index in [0.717, 1.165) is 32.1 Å². The van der Waals surface area contributed by atoms with Crippen LogP contribution in [0.15, 0.2) is 77.4 Å². The molecule has 0 aliphatic rings. The molecule has 0 radical (unpaired) electrons. The van der Waals surface area contributed by atoms with Crippen LogP contribution in [0.25, 0.3) is 10.2 Å². The summed E-state index contributed by atoms with van der Waals surface area (Å²) in [5.74, 6) is -0.0722. The molecule has 2 heterocycles. The van der Waals surface area contributed by atoms with E-state index in [1.165, 1.54) is 11.8 Å². The van der Waals surface area contributed by atoms with Crippen molar-refractivity contribution in [1.29, 1.82) is 0 Å². The number of fused-ring (bicyclic) bond motifs is 1. The summed E-state index contributed by atoms with van der Waals surface area (Å²) in [6.07, 6.45) is 1.56. The number of hydrogen-bond acceptors (Lipinski definition) is 5. The minimum atomic E-state index is -0.412. The number of nitrogens with one attached hydrogen (secondary N) is 1. The number of benzene rings is 2. The van der Waals surface area contributed by atoms with Crippen LogP contribution in [0.1, 0.15) is 16.4 Å². The molecule has 0 aliphatic heterocycles. The summed E-state index contributed by atoms with van der Waals surface area (Å²) in [4.78, 5) is 22.8. The number of nitrogens with zero attached hydrogens (tertiary/aromatic N) is 2. The normalized spacial score (nSPS) is 12.0. The van der Waals surface area contributed by atoms with Gasteiger partial charge >= 0.3 is 0 Å². The molecule has 0 spiro atoms. The molecule has 6 heteroatoms. The number of thioether (sulfide) groups is 1. The van der Waals surface area contributed by atoms with Crippen LogP contribution >= 0.6 is 23.1 Å². The molecule has 1 N–H and O–H groups in total. The van der Waals surface area contributed by atoms with E-state index in [4.69, 9.17) is 0 Å². The van der Waals surface area contributed by atoms with Gasteiger partial charge in [-0.05, 0) is 36.1 Å². The molecule has 4 aromatic rings. The monoisotopic (exact) mass is 391 g/mol. The Morgan fingerprint density at radius 1 is 1.04 bits per heavy atom. The van der Waals surface area contributed by atoms with Crippen LogP contribution in [0.2, 0.25) is 0 Å². The van der Waals surface area contributed by atoms with Crippen molar-refractivity contribution in [3.8, 4) is 0 Å². The van der Waals surface area contributed by atoms with Gasteiger partial charge in [-0.2, -0.15) is 0 Å². The van der Waals surface area contributed by atoms with Gasteiger partial charge in [0, 0.05) is 11.1 Å². The first-order chi connectivity index (χ1) is 13.2. The molecule has 2 aromatic heterocycles. The largest absolute Gasteiger partial charge is 0.325 e. The van der Waals surface area contributed by atoms with E-state index >= 15 is 0 Å². The number of aromatic nitrogens is 2. The van der Waals surface area contributed by atoms with Crippen LogP contribution in [0, 0.1) is 6.92 Å². The molecule has 1 atom stereocenters. The van der Waals surface area contributed by atoms with Gasteiger partial charge in [0.2, 0.25) is 5.91 Å². The van der Waals surface area contributed by atoms with Crippen LogP contribution in [0.4, 0.5) is 5.69 Å². The highest BCUT2D eigenvalue weighted by Gasteiger charge is 2.24. The maximum Gasteiger partial charge on any atom is 0.242 e. The third-order valence-corrected chi connectivity index (χ3v) is 6.21. The standard InChI is InChI=1S/C21H17N3OS2/c1-14-7-9-16(10-8-14)24-19(25)18(15-5-3-2-4-6-15)27-21-17-11-12-26-20(17)22-13-23-21/h2-13,18H,1H3,(H,24,25)/t18-/m1/s1. The minimum absolute atomic E-state index is 0.0722. The smallest absolute Gasteiger partial charge is 0.242 e. The van der Waals surface area contributed by atoms with Gasteiger partial charge in [0.05, 0.1) is 0 Å². The number of carbonyl (C=O) groups excluding carboxylic acids is 1. The molecular weight excluding hydrogens is 374 g/mol. The molecule has 4 rings (SSSR count). The number of thiophene rings is 1. The third-order valence-electron chi connectivity index (χ3n) is 4.11. The van der Waals surface area contributed by atoms with E-state index in [2.05, 4.69) is 15.3 Å². The lowest BCUT2D eigenvalue weighted by atomic mass is 10.1. The fourth-order valence-corrected chi connectivity index (χ4v) is 4.60. The van der Waals surface area contributed by atoms with Gasteiger partial charge in [0.1, 0.15) is 21.4 Å². The van der Waals surface area contributed by atoms with E-state index in [-0.39, 0.29) is 5.91 Å². The molecule has 0 bridgehead atoms. The number of aryl methyl sites for hydroxylation is 1. The van der Waals surface area contributed by atoms with Gasteiger partial charge < -0.3 is 5.32 Å². The lowest BCUT2D eigenvalue weighted by Gasteiger charge is -2.17. The topological polar surface area (TPSA) is 54.9 Å². The van der Waals surface area contributed by atoms with E-state index in [1.807, 2.05) is 73.0 Å². The predicted molar refractivity (Wildman–Crippen MR) is 112 cm³/mol. The van der Waals surface area contributed by atoms with Crippen LogP contribution in [0.3, 0.4) is 0 Å². The molecule has 134 valence electrons. The molecule has 1 amide bonds. The zero-order chi connectivity index (χ0) is 18.6. The van der Waals surface area contributed by atoms with Crippen molar-refractivity contribution in [2.24, 2.45) is 0 Å². The average molecular weight is 392 g/mol. The zero-order valence-corrected chi connectivity index (χ0v) is 16.3. The first kappa shape index (κ1) is 17.7. The number of amides is 1. The van der Waals surface area contributed by atoms with Crippen LogP contribution in [0.5, 0.6) is 0 Å². The van der Waals surface area contributed by atoms with Gasteiger partial charge in [0.25, 0.3) is 0 Å². The van der Waals surface area contributed by atoms with Crippen molar-refractivity contribution < 1.29 is 4.79 Å². The third kappa shape index (κ3) is 4.02. The minimum Gasteiger partial charge on any atom is -0.325 e. The summed E-state index contributed by atoms with van der Waals surface area (Å²) in [5, 5.41) is 6.41. The Balaban J connectivity index is 1.66. The molecule has 4 nitrogen and oxygen atoms in total. The number of rotatable bonds is 5. The predicted octanol–water partition coefficient (Wildman–Crippen LogP) is 5.47. The van der Waals surface area contributed by atoms with Crippen molar-refractivity contribution in [3.05, 3.63) is 83.5 Å². The van der Waals surface area contributed by atoms with Gasteiger partial charge in [0.15, 0.2) is 0 Å². The molecule has 0 saturated heterocycles. The van der Waals surface area contributed by atoms with Crippen molar-refractivity contribution in [2.45, 2.75) is 17.2 Å². The summed E-state index contributed by atoms with van der Waals surface area (Å²) in [5.41, 5.74) is 2.88. The van der Waals surface area contributed by atoms with Gasteiger partial charge in [-0.25, -0.2) is 9.97 Å². The summed E-state index contributed by atoms with van der Waals surface area (Å²) in [6.45, 7) is 2.02. The lowest BCUT2D eigenvalue weighted by Crippen LogP contribution is -2.19. The molecular formula is C21H17N3OS2. The van der Waals surface area contributed by atoms with Crippen LogP contribution < -0.4 is 5.32 Å². The second kappa shape index (κ2) is 7.90. The molecule has 0 unspecified atom stereocenters. The molecule has 27 heavy (non-hydrogen) atoms. The highest BCUT2D eigenvalue weighted by atomic mass is 32.2. The summed E-state index contributed by atoms with van der Waals surface area (Å²) < 4.78 is 0. The van der Waals surface area contributed by atoms with Crippen LogP contribution in [-0.2, 0) is 4.79 Å². The summed E-state index contributed by atoms with van der Waals surface area (Å²) in [7, 11) is 0. The molecule has 0 aliphatic carbocycles. The summed E-state index contributed by atoms with van der Waals surface area (Å²) >= 11 is 3.02. The van der Waals surface area contributed by atoms with Crippen molar-refractivity contribution >= 4 is 44.9 Å². The number of hydrogen-bond donors (Lipinski definition) is 1. The Labute approximate surface area is 165 Å². The van der Waals surface area contributed by atoms with Gasteiger partial charge in [-0.1, -0.05) is 59.8 Å². The maximum absolute atomic E-state index is 13.1. The van der Waals surface area contributed by atoms with E-state index in [1.54, 1.807) is 17.7 Å². The van der Waals surface area contributed by atoms with Gasteiger partial charge in [-0.15, -0.1) is 11.3 Å². The maximum atomic E-state index is 13.1. The Bertz CT molecular complexity index is 1060. The Morgan fingerprint density at radius 3 is 2.59 bits per heavy atom. The van der Waals surface area contributed by atoms with E-state index in [0.29, 0.717) is 0 Å². The summed E-state index contributed by atoms with van der Waals surface area (Å²) in [6, 6.07) is 19.6.